The van der Waals surface area contributed by atoms with Crippen LogP contribution >= 0.6 is 0 Å². The van der Waals surface area contributed by atoms with Gasteiger partial charge in [-0.3, -0.25) is 19.0 Å². The summed E-state index contributed by atoms with van der Waals surface area (Å²) in [6.07, 6.45) is 8.65. The van der Waals surface area contributed by atoms with E-state index < -0.39 is 11.5 Å². The van der Waals surface area contributed by atoms with Gasteiger partial charge in [0.2, 0.25) is 5.88 Å². The van der Waals surface area contributed by atoms with E-state index in [2.05, 4.69) is 20.5 Å². The quantitative estimate of drug-likeness (QED) is 0.309. The second kappa shape index (κ2) is 9.44. The van der Waals surface area contributed by atoms with Crippen LogP contribution in [0, 0.1) is 5.41 Å². The number of primary amides is 1. The molecule has 1 aromatic carbocycles. The van der Waals surface area contributed by atoms with Gasteiger partial charge in [-0.15, -0.1) is 0 Å². The Morgan fingerprint density at radius 2 is 1.98 bits per heavy atom. The molecular formula is C29H33N7O4. The smallest absolute Gasteiger partial charge is 0.272 e. The van der Waals surface area contributed by atoms with Crippen molar-refractivity contribution in [1.82, 2.24) is 29.9 Å². The number of aryl methyl sites for hydroxylation is 1. The van der Waals surface area contributed by atoms with Crippen molar-refractivity contribution in [2.45, 2.75) is 63.8 Å². The van der Waals surface area contributed by atoms with Crippen molar-refractivity contribution >= 4 is 22.7 Å². The topological polar surface area (TPSA) is 150 Å². The van der Waals surface area contributed by atoms with E-state index >= 15 is 0 Å². The fourth-order valence-corrected chi connectivity index (χ4v) is 6.08. The zero-order valence-electron chi connectivity index (χ0n) is 22.8. The molecule has 4 N–H and O–H groups in total. The summed E-state index contributed by atoms with van der Waals surface area (Å²) in [4.78, 5) is 29.3. The first kappa shape index (κ1) is 26.0. The lowest BCUT2D eigenvalue weighted by molar-refractivity contribution is -0.0848. The first-order valence-electron chi connectivity index (χ1n) is 13.4. The molecule has 40 heavy (non-hydrogen) atoms. The molecule has 1 spiro atoms. The monoisotopic (exact) mass is 543 g/mol. The molecule has 0 aliphatic heterocycles. The number of hydrogen-bond acceptors (Lipinski definition) is 7. The largest absolute Gasteiger partial charge is 0.474 e. The lowest BCUT2D eigenvalue weighted by Crippen LogP contribution is -2.58. The summed E-state index contributed by atoms with van der Waals surface area (Å²) in [6, 6.07) is 9.19. The van der Waals surface area contributed by atoms with Gasteiger partial charge in [0.15, 0.2) is 5.69 Å². The molecule has 3 aromatic heterocycles. The van der Waals surface area contributed by atoms with E-state index in [1.807, 2.05) is 31.4 Å². The molecule has 2 aliphatic carbocycles. The van der Waals surface area contributed by atoms with Gasteiger partial charge in [-0.2, -0.15) is 10.2 Å². The van der Waals surface area contributed by atoms with Crippen molar-refractivity contribution in [2.75, 3.05) is 0 Å². The molecule has 11 heteroatoms. The summed E-state index contributed by atoms with van der Waals surface area (Å²) in [6.45, 7) is 3.69. The van der Waals surface area contributed by atoms with E-state index in [1.54, 1.807) is 47.7 Å². The van der Waals surface area contributed by atoms with Crippen LogP contribution < -0.4 is 15.8 Å². The van der Waals surface area contributed by atoms with Crippen molar-refractivity contribution in [1.29, 1.82) is 0 Å². The zero-order valence-corrected chi connectivity index (χ0v) is 22.8. The Balaban J connectivity index is 1.14. The number of nitrogens with zero attached hydrogens (tertiary/aromatic N) is 5. The molecule has 6 rings (SSSR count). The van der Waals surface area contributed by atoms with Crippen molar-refractivity contribution in [3.63, 3.8) is 0 Å². The minimum atomic E-state index is -0.995. The van der Waals surface area contributed by atoms with Gasteiger partial charge in [0.25, 0.3) is 11.8 Å². The zero-order chi connectivity index (χ0) is 28.2. The molecule has 2 saturated carbocycles. The second-order valence-corrected chi connectivity index (χ2v) is 11.9. The normalized spacial score (nSPS) is 22.1. The van der Waals surface area contributed by atoms with Crippen LogP contribution in [0.5, 0.6) is 5.88 Å². The van der Waals surface area contributed by atoms with E-state index in [0.717, 1.165) is 47.7 Å². The third-order valence-electron chi connectivity index (χ3n) is 7.87. The van der Waals surface area contributed by atoms with Crippen LogP contribution in [0.25, 0.3) is 22.0 Å². The number of nitrogens with two attached hydrogens (primary N) is 1. The van der Waals surface area contributed by atoms with E-state index in [1.165, 1.54) is 0 Å². The standard InChI is InChI=1S/C29H33N7O4/c1-28(2,39)16-36-23-7-6-17(18-14-32-35(3)15-18)9-22(23)24(34-36)26(38)33-19-10-29(11-19)12-20(13-29)40-27-21(25(30)37)5-4-8-31-27/h4-9,14-15,19-20,39H,10-13,16H2,1-3H3,(H2,30,37)(H,33,38). The molecule has 2 fully saturated rings. The summed E-state index contributed by atoms with van der Waals surface area (Å²) in [5, 5.41) is 23.2. The first-order valence-corrected chi connectivity index (χ1v) is 13.4. The predicted octanol–water partition coefficient (Wildman–Crippen LogP) is 2.82. The van der Waals surface area contributed by atoms with Crippen LogP contribution in [0.2, 0.25) is 0 Å². The summed E-state index contributed by atoms with van der Waals surface area (Å²) >= 11 is 0. The highest BCUT2D eigenvalue weighted by Crippen LogP contribution is 2.56. The highest BCUT2D eigenvalue weighted by atomic mass is 16.5. The predicted molar refractivity (Wildman–Crippen MR) is 148 cm³/mol. The van der Waals surface area contributed by atoms with Gasteiger partial charge in [-0.05, 0) is 74.8 Å². The molecule has 0 bridgehead atoms. The van der Waals surface area contributed by atoms with Crippen molar-refractivity contribution in [3.8, 4) is 17.0 Å². The van der Waals surface area contributed by atoms with E-state index in [-0.39, 0.29) is 41.5 Å². The number of aromatic nitrogens is 5. The third-order valence-corrected chi connectivity index (χ3v) is 7.87. The molecule has 2 amide bonds. The van der Waals surface area contributed by atoms with Crippen molar-refractivity contribution < 1.29 is 19.4 Å². The number of hydrogen-bond donors (Lipinski definition) is 3. The highest BCUT2D eigenvalue weighted by molar-refractivity contribution is 6.06. The van der Waals surface area contributed by atoms with E-state index in [0.29, 0.717) is 5.69 Å². The molecule has 11 nitrogen and oxygen atoms in total. The van der Waals surface area contributed by atoms with Gasteiger partial charge in [0.05, 0.1) is 23.9 Å². The second-order valence-electron chi connectivity index (χ2n) is 11.9. The number of pyridine rings is 1. The van der Waals surface area contributed by atoms with E-state index in [9.17, 15) is 14.7 Å². The number of carbonyl (C=O) groups excluding carboxylic acids is 2. The Bertz CT molecular complexity index is 1600. The van der Waals surface area contributed by atoms with Crippen LogP contribution in [0.4, 0.5) is 0 Å². The fraction of sp³-hybridized carbons (Fsp3) is 0.414. The number of rotatable bonds is 8. The maximum absolute atomic E-state index is 13.5. The van der Waals surface area contributed by atoms with Crippen LogP contribution in [-0.2, 0) is 13.6 Å². The Morgan fingerprint density at radius 1 is 1.20 bits per heavy atom. The first-order chi connectivity index (χ1) is 19.0. The number of ether oxygens (including phenoxy) is 1. The molecular weight excluding hydrogens is 510 g/mol. The molecule has 0 radical (unpaired) electrons. The number of amides is 2. The molecule has 3 heterocycles. The van der Waals surface area contributed by atoms with Gasteiger partial charge >= 0.3 is 0 Å². The van der Waals surface area contributed by atoms with Crippen molar-refractivity contribution in [3.05, 3.63) is 60.2 Å². The molecule has 0 unspecified atom stereocenters. The van der Waals surface area contributed by atoms with E-state index in [4.69, 9.17) is 10.5 Å². The van der Waals surface area contributed by atoms with Gasteiger partial charge in [-0.1, -0.05) is 6.07 Å². The fourth-order valence-electron chi connectivity index (χ4n) is 6.08. The van der Waals surface area contributed by atoms with Gasteiger partial charge in [0.1, 0.15) is 11.7 Å². The minimum Gasteiger partial charge on any atom is -0.474 e. The summed E-state index contributed by atoms with van der Waals surface area (Å²) in [5.41, 5.74) is 7.86. The Kier molecular flexibility index (Phi) is 6.14. The maximum atomic E-state index is 13.5. The average Bonchev–Trinajstić information content (AvgIpc) is 3.43. The average molecular weight is 544 g/mol. The summed E-state index contributed by atoms with van der Waals surface area (Å²) in [7, 11) is 1.86. The highest BCUT2D eigenvalue weighted by Gasteiger charge is 2.54. The Labute approximate surface area is 231 Å². The van der Waals surface area contributed by atoms with Gasteiger partial charge in [-0.25, -0.2) is 4.98 Å². The van der Waals surface area contributed by atoms with Crippen LogP contribution in [0.1, 0.15) is 60.4 Å². The number of carbonyl (C=O) groups is 2. The number of nitrogens with one attached hydrogen (secondary N) is 1. The van der Waals surface area contributed by atoms with Gasteiger partial charge in [0, 0.05) is 36.4 Å². The molecule has 4 aromatic rings. The van der Waals surface area contributed by atoms with Crippen molar-refractivity contribution in [2.24, 2.45) is 18.2 Å². The minimum absolute atomic E-state index is 0.0305. The SMILES string of the molecule is Cn1cc(-c2ccc3c(c2)c(C(=O)NC2CC4(C2)CC(Oc2ncccc2C(N)=O)C4)nn3CC(C)(C)O)cn1. The lowest BCUT2D eigenvalue weighted by atomic mass is 9.53. The number of fused-ring (bicyclic) bond motifs is 1. The third kappa shape index (κ3) is 4.92. The maximum Gasteiger partial charge on any atom is 0.272 e. The molecule has 208 valence electrons. The van der Waals surface area contributed by atoms with Crippen LogP contribution in [-0.4, -0.2) is 59.2 Å². The van der Waals surface area contributed by atoms with Crippen LogP contribution in [0.15, 0.2) is 48.9 Å². The molecule has 2 aliphatic rings. The molecule has 0 atom stereocenters. The Hall–Kier alpha value is -4.25. The van der Waals surface area contributed by atoms with Crippen LogP contribution in [0.3, 0.4) is 0 Å². The Morgan fingerprint density at radius 3 is 2.65 bits per heavy atom. The molecule has 0 saturated heterocycles. The lowest BCUT2D eigenvalue weighted by Gasteiger charge is -2.57. The van der Waals surface area contributed by atoms with Gasteiger partial charge < -0.3 is 20.9 Å². The summed E-state index contributed by atoms with van der Waals surface area (Å²) in [5.74, 6) is -0.513. The summed E-state index contributed by atoms with van der Waals surface area (Å²) < 4.78 is 9.40. The number of benzene rings is 1. The number of aliphatic hydroxyl groups is 1.